The zero-order chi connectivity index (χ0) is 11.6. The summed E-state index contributed by atoms with van der Waals surface area (Å²) in [5.74, 6) is -1.43. The molecule has 1 rings (SSSR count). The third kappa shape index (κ3) is 2.27. The van der Waals surface area contributed by atoms with Crippen molar-refractivity contribution in [3.05, 3.63) is 27.5 Å². The number of carboxylic acid groups (broad SMARTS) is 1. The lowest BCUT2D eigenvalue weighted by Crippen LogP contribution is -2.05. The predicted molar refractivity (Wildman–Crippen MR) is 48.6 cm³/mol. The Morgan fingerprint density at radius 2 is 2.27 bits per heavy atom. The lowest BCUT2D eigenvalue weighted by molar-refractivity contribution is 0.0689. The molecule has 4 nitrogen and oxygen atoms in total. The van der Waals surface area contributed by atoms with Gasteiger partial charge in [-0.15, -0.1) is 0 Å². The molecule has 0 saturated heterocycles. The molecule has 0 unspecified atom stereocenters. The second-order valence-corrected chi connectivity index (χ2v) is 3.23. The van der Waals surface area contributed by atoms with Crippen LogP contribution >= 0.6 is 15.9 Å². The number of carbonyl (C=O) groups is 1. The third-order valence-corrected chi connectivity index (χ3v) is 2.15. The number of hydrogen-bond donors (Lipinski definition) is 1. The quantitative estimate of drug-likeness (QED) is 0.842. The molecule has 0 aliphatic rings. The maximum atomic E-state index is 12.4. The van der Waals surface area contributed by atoms with Crippen LogP contribution in [0.1, 0.15) is 28.0 Å². The van der Waals surface area contributed by atoms with Gasteiger partial charge in [0.25, 0.3) is 6.43 Å². The van der Waals surface area contributed by atoms with Gasteiger partial charge in [0, 0.05) is 5.56 Å². The molecule has 78 valence electrons. The first kappa shape index (κ1) is 11.5. The highest BCUT2D eigenvalue weighted by atomic mass is 79.9. The summed E-state index contributed by atoms with van der Waals surface area (Å²) >= 11 is 2.76. The number of pyridine rings is 1. The topological polar surface area (TPSA) is 74.0 Å². The first-order valence-electron chi connectivity index (χ1n) is 3.59. The average molecular weight is 277 g/mol. The summed E-state index contributed by atoms with van der Waals surface area (Å²) in [7, 11) is 0. The number of aromatic nitrogens is 1. The molecule has 0 aliphatic heterocycles. The van der Waals surface area contributed by atoms with Crippen LogP contribution in [-0.2, 0) is 0 Å². The van der Waals surface area contributed by atoms with E-state index in [1.54, 1.807) is 0 Å². The highest BCUT2D eigenvalue weighted by Crippen LogP contribution is 2.27. The van der Waals surface area contributed by atoms with Crippen molar-refractivity contribution in [1.29, 1.82) is 5.26 Å². The Morgan fingerprint density at radius 3 is 2.67 bits per heavy atom. The fourth-order valence-electron chi connectivity index (χ4n) is 0.925. The van der Waals surface area contributed by atoms with Crippen molar-refractivity contribution >= 4 is 21.9 Å². The van der Waals surface area contributed by atoms with Gasteiger partial charge in [0.15, 0.2) is 0 Å². The maximum Gasteiger partial charge on any atom is 0.354 e. The average Bonchev–Trinajstić information content (AvgIpc) is 2.16. The summed E-state index contributed by atoms with van der Waals surface area (Å²) in [6.07, 6.45) is -2.92. The largest absolute Gasteiger partial charge is 0.477 e. The van der Waals surface area contributed by atoms with Crippen molar-refractivity contribution in [2.45, 2.75) is 6.43 Å². The minimum Gasteiger partial charge on any atom is -0.477 e. The maximum absolute atomic E-state index is 12.4. The van der Waals surface area contributed by atoms with Gasteiger partial charge in [0.05, 0.1) is 5.56 Å². The minimum absolute atomic E-state index is 0.194. The summed E-state index contributed by atoms with van der Waals surface area (Å²) in [5.41, 5.74) is -1.53. The van der Waals surface area contributed by atoms with Crippen LogP contribution < -0.4 is 0 Å². The Kier molecular flexibility index (Phi) is 3.31. The monoisotopic (exact) mass is 276 g/mol. The molecule has 0 bridgehead atoms. The third-order valence-electron chi connectivity index (χ3n) is 1.57. The Bertz CT molecular complexity index is 457. The number of halogens is 3. The molecule has 0 radical (unpaired) electrons. The molecule has 0 atom stereocenters. The van der Waals surface area contributed by atoms with E-state index in [1.165, 1.54) is 6.07 Å². The Labute approximate surface area is 91.3 Å². The van der Waals surface area contributed by atoms with Crippen LogP contribution in [0.15, 0.2) is 10.7 Å². The molecule has 15 heavy (non-hydrogen) atoms. The summed E-state index contributed by atoms with van der Waals surface area (Å²) in [6.45, 7) is 0. The van der Waals surface area contributed by atoms with Crippen LogP contribution in [0.2, 0.25) is 0 Å². The van der Waals surface area contributed by atoms with E-state index < -0.39 is 23.7 Å². The first-order valence-corrected chi connectivity index (χ1v) is 4.38. The van der Waals surface area contributed by atoms with Crippen LogP contribution in [0, 0.1) is 11.3 Å². The molecule has 0 fully saturated rings. The Balaban J connectivity index is 3.47. The van der Waals surface area contributed by atoms with Gasteiger partial charge in [-0.25, -0.2) is 18.6 Å². The van der Waals surface area contributed by atoms with Crippen LogP contribution in [-0.4, -0.2) is 16.1 Å². The van der Waals surface area contributed by atoms with Crippen LogP contribution in [0.3, 0.4) is 0 Å². The molecule has 7 heteroatoms. The van der Waals surface area contributed by atoms with Crippen LogP contribution in [0.25, 0.3) is 0 Å². The number of hydrogen-bond acceptors (Lipinski definition) is 3. The second kappa shape index (κ2) is 4.31. The molecule has 0 amide bonds. The van der Waals surface area contributed by atoms with E-state index in [1.807, 2.05) is 0 Å². The van der Waals surface area contributed by atoms with Gasteiger partial charge in [-0.3, -0.25) is 0 Å². The van der Waals surface area contributed by atoms with Crippen molar-refractivity contribution in [2.75, 3.05) is 0 Å². The zero-order valence-corrected chi connectivity index (χ0v) is 8.62. The van der Waals surface area contributed by atoms with Crippen LogP contribution in [0.4, 0.5) is 8.78 Å². The predicted octanol–water partition coefficient (Wildman–Crippen LogP) is 2.35. The lowest BCUT2D eigenvalue weighted by Gasteiger charge is -2.05. The smallest absolute Gasteiger partial charge is 0.354 e. The van der Waals surface area contributed by atoms with Gasteiger partial charge in [0.2, 0.25) is 0 Å². The van der Waals surface area contributed by atoms with E-state index in [4.69, 9.17) is 10.4 Å². The van der Waals surface area contributed by atoms with Crippen molar-refractivity contribution in [1.82, 2.24) is 4.98 Å². The fourth-order valence-corrected chi connectivity index (χ4v) is 1.43. The molecule has 1 N–H and O–H groups in total. The number of nitriles is 1. The van der Waals surface area contributed by atoms with Gasteiger partial charge in [-0.05, 0) is 22.0 Å². The van der Waals surface area contributed by atoms with Crippen molar-refractivity contribution < 1.29 is 18.7 Å². The number of aromatic carboxylic acids is 1. The van der Waals surface area contributed by atoms with Gasteiger partial charge in [0.1, 0.15) is 16.4 Å². The molecule has 1 heterocycles. The van der Waals surface area contributed by atoms with Gasteiger partial charge in [-0.1, -0.05) is 0 Å². The highest BCUT2D eigenvalue weighted by Gasteiger charge is 2.20. The van der Waals surface area contributed by atoms with Crippen LogP contribution in [0.5, 0.6) is 0 Å². The molecule has 1 aromatic heterocycles. The molecule has 0 aromatic carbocycles. The highest BCUT2D eigenvalue weighted by molar-refractivity contribution is 9.10. The van der Waals surface area contributed by atoms with Gasteiger partial charge in [-0.2, -0.15) is 5.26 Å². The summed E-state index contributed by atoms with van der Waals surface area (Å²) in [4.78, 5) is 14.0. The van der Waals surface area contributed by atoms with Crippen molar-refractivity contribution in [3.8, 4) is 6.07 Å². The molecule has 0 spiro atoms. The van der Waals surface area contributed by atoms with E-state index in [0.29, 0.717) is 6.07 Å². The molecular formula is C8H3BrF2N2O2. The number of rotatable bonds is 2. The minimum atomic E-state index is -2.92. The summed E-state index contributed by atoms with van der Waals surface area (Å²) < 4.78 is 24.7. The van der Waals surface area contributed by atoms with E-state index >= 15 is 0 Å². The number of alkyl halides is 2. The van der Waals surface area contributed by atoms with E-state index in [9.17, 15) is 13.6 Å². The van der Waals surface area contributed by atoms with Gasteiger partial charge < -0.3 is 5.11 Å². The van der Waals surface area contributed by atoms with E-state index in [2.05, 4.69) is 20.9 Å². The van der Waals surface area contributed by atoms with E-state index in [0.717, 1.165) is 0 Å². The van der Waals surface area contributed by atoms with E-state index in [-0.39, 0.29) is 10.2 Å². The summed E-state index contributed by atoms with van der Waals surface area (Å²) in [6, 6.07) is 2.22. The normalized spacial score (nSPS) is 10.1. The Hall–Kier alpha value is -1.55. The SMILES string of the molecule is N#Cc1c(C(F)F)cc(C(=O)O)nc1Br. The molecule has 0 saturated carbocycles. The number of carboxylic acids is 1. The van der Waals surface area contributed by atoms with Gasteiger partial charge >= 0.3 is 5.97 Å². The molecule has 1 aromatic rings. The zero-order valence-electron chi connectivity index (χ0n) is 7.04. The lowest BCUT2D eigenvalue weighted by atomic mass is 10.1. The summed E-state index contributed by atoms with van der Waals surface area (Å²) in [5, 5.41) is 17.1. The molecule has 0 aliphatic carbocycles. The number of nitrogens with zero attached hydrogens (tertiary/aromatic N) is 2. The van der Waals surface area contributed by atoms with Crippen molar-refractivity contribution in [2.24, 2.45) is 0 Å². The van der Waals surface area contributed by atoms with Crippen molar-refractivity contribution in [3.63, 3.8) is 0 Å². The second-order valence-electron chi connectivity index (χ2n) is 2.48. The molecular weight excluding hydrogens is 274 g/mol. The first-order chi connectivity index (χ1) is 6.97. The Morgan fingerprint density at radius 1 is 1.67 bits per heavy atom. The standard InChI is InChI=1S/C8H3BrF2N2O2/c9-6-4(2-12)3(7(10)11)1-5(13-6)8(14)15/h1,7H,(H,14,15). The fraction of sp³-hybridized carbons (Fsp3) is 0.125.